The summed E-state index contributed by atoms with van der Waals surface area (Å²) in [6.07, 6.45) is 2.46. The minimum Gasteiger partial charge on any atom is -0.497 e. The molecule has 102 valence electrons. The van der Waals surface area contributed by atoms with Crippen LogP contribution in [-0.2, 0) is 0 Å². The van der Waals surface area contributed by atoms with E-state index in [-0.39, 0.29) is 6.04 Å². The van der Waals surface area contributed by atoms with Crippen LogP contribution in [0.3, 0.4) is 0 Å². The summed E-state index contributed by atoms with van der Waals surface area (Å²) in [5.74, 6) is 2.24. The molecular weight excluding hydrogens is 238 g/mol. The van der Waals surface area contributed by atoms with Crippen molar-refractivity contribution in [3.05, 3.63) is 24.0 Å². The normalized spacial score (nSPS) is 17.1. The maximum atomic E-state index is 6.32. The number of hydrogen-bond acceptors (Lipinski definition) is 3. The van der Waals surface area contributed by atoms with E-state index in [2.05, 4.69) is 24.5 Å². The fraction of sp³-hybridized carbons (Fsp3) is 0.533. The van der Waals surface area contributed by atoms with E-state index in [1.807, 2.05) is 12.1 Å². The van der Waals surface area contributed by atoms with Gasteiger partial charge < -0.3 is 15.0 Å². The fourth-order valence-electron chi connectivity index (χ4n) is 2.47. The average Bonchev–Trinajstić information content (AvgIpc) is 3.17. The molecule has 0 spiro atoms. The molecule has 1 aliphatic rings. The summed E-state index contributed by atoms with van der Waals surface area (Å²) < 4.78 is 7.61. The minimum absolute atomic E-state index is 0.0148. The number of fused-ring (bicyclic) bond motifs is 1. The number of nitrogens with zero attached hydrogens (tertiary/aromatic N) is 2. The van der Waals surface area contributed by atoms with Crippen LogP contribution in [0.15, 0.2) is 18.2 Å². The molecule has 19 heavy (non-hydrogen) atoms. The standard InChI is InChI=1S/C15H21N3O/c1-9(2)14(16)15-17-12-8-11(19-3)6-7-13(12)18(15)10-4-5-10/h6-10,14H,4-5,16H2,1-3H3. The summed E-state index contributed by atoms with van der Waals surface area (Å²) in [4.78, 5) is 4.76. The molecule has 1 atom stereocenters. The Morgan fingerprint density at radius 2 is 2.11 bits per heavy atom. The Morgan fingerprint density at radius 3 is 2.68 bits per heavy atom. The molecule has 0 bridgehead atoms. The van der Waals surface area contributed by atoms with E-state index in [0.717, 1.165) is 17.1 Å². The van der Waals surface area contributed by atoms with Crippen molar-refractivity contribution in [1.82, 2.24) is 9.55 Å². The smallest absolute Gasteiger partial charge is 0.127 e. The number of methoxy groups -OCH3 is 1. The van der Waals surface area contributed by atoms with Crippen LogP contribution in [0.5, 0.6) is 5.75 Å². The SMILES string of the molecule is COc1ccc2c(c1)nc(C(N)C(C)C)n2C1CC1. The lowest BCUT2D eigenvalue weighted by Gasteiger charge is -2.17. The fourth-order valence-corrected chi connectivity index (χ4v) is 2.47. The molecule has 0 aliphatic heterocycles. The van der Waals surface area contributed by atoms with E-state index in [1.165, 1.54) is 18.4 Å². The number of rotatable bonds is 4. The lowest BCUT2D eigenvalue weighted by molar-refractivity contribution is 0.415. The average molecular weight is 259 g/mol. The summed E-state index contributed by atoms with van der Waals surface area (Å²) in [5, 5.41) is 0. The van der Waals surface area contributed by atoms with E-state index in [9.17, 15) is 0 Å². The number of hydrogen-bond donors (Lipinski definition) is 1. The van der Waals surface area contributed by atoms with Gasteiger partial charge in [0.2, 0.25) is 0 Å². The van der Waals surface area contributed by atoms with Crippen molar-refractivity contribution in [2.24, 2.45) is 11.7 Å². The Bertz CT molecular complexity index is 599. The number of ether oxygens (including phenoxy) is 1. The first-order valence-corrected chi connectivity index (χ1v) is 6.93. The minimum atomic E-state index is -0.0148. The second kappa shape index (κ2) is 4.53. The van der Waals surface area contributed by atoms with Crippen LogP contribution in [0.2, 0.25) is 0 Å². The van der Waals surface area contributed by atoms with Gasteiger partial charge in [0, 0.05) is 12.1 Å². The molecule has 1 aliphatic carbocycles. The highest BCUT2D eigenvalue weighted by Gasteiger charge is 2.30. The number of nitrogens with two attached hydrogens (primary N) is 1. The zero-order chi connectivity index (χ0) is 13.6. The predicted molar refractivity (Wildman–Crippen MR) is 76.3 cm³/mol. The van der Waals surface area contributed by atoms with Crippen LogP contribution in [0.25, 0.3) is 11.0 Å². The van der Waals surface area contributed by atoms with Gasteiger partial charge in [-0.25, -0.2) is 4.98 Å². The molecule has 0 saturated heterocycles. The second-order valence-corrected chi connectivity index (χ2v) is 5.70. The third-order valence-corrected chi connectivity index (χ3v) is 3.85. The topological polar surface area (TPSA) is 53.1 Å². The van der Waals surface area contributed by atoms with E-state index in [0.29, 0.717) is 12.0 Å². The van der Waals surface area contributed by atoms with Crippen LogP contribution in [0.4, 0.5) is 0 Å². The highest BCUT2D eigenvalue weighted by atomic mass is 16.5. The van der Waals surface area contributed by atoms with Gasteiger partial charge in [-0.1, -0.05) is 13.8 Å². The predicted octanol–water partition coefficient (Wildman–Crippen LogP) is 3.04. The van der Waals surface area contributed by atoms with E-state index in [4.69, 9.17) is 15.5 Å². The first-order chi connectivity index (χ1) is 9.11. The van der Waals surface area contributed by atoms with Gasteiger partial charge in [0.1, 0.15) is 11.6 Å². The zero-order valence-electron chi connectivity index (χ0n) is 11.8. The molecule has 2 aromatic rings. The zero-order valence-corrected chi connectivity index (χ0v) is 11.8. The summed E-state index contributed by atoms with van der Waals surface area (Å²) in [5.41, 5.74) is 8.48. The van der Waals surface area contributed by atoms with Crippen LogP contribution in [0, 0.1) is 5.92 Å². The van der Waals surface area contributed by atoms with Gasteiger partial charge in [-0.05, 0) is 30.9 Å². The number of benzene rings is 1. The Labute approximate surface area is 113 Å². The van der Waals surface area contributed by atoms with E-state index >= 15 is 0 Å². The van der Waals surface area contributed by atoms with Crippen LogP contribution in [0.1, 0.15) is 44.6 Å². The molecule has 1 aromatic carbocycles. The van der Waals surface area contributed by atoms with E-state index in [1.54, 1.807) is 7.11 Å². The van der Waals surface area contributed by atoms with Crippen molar-refractivity contribution >= 4 is 11.0 Å². The molecule has 1 fully saturated rings. The van der Waals surface area contributed by atoms with Crippen molar-refractivity contribution in [2.75, 3.05) is 7.11 Å². The van der Waals surface area contributed by atoms with Gasteiger partial charge in [0.15, 0.2) is 0 Å². The lowest BCUT2D eigenvalue weighted by atomic mass is 10.1. The summed E-state index contributed by atoms with van der Waals surface area (Å²) in [6.45, 7) is 4.28. The quantitative estimate of drug-likeness (QED) is 0.918. The molecule has 2 N–H and O–H groups in total. The monoisotopic (exact) mass is 259 g/mol. The molecule has 1 unspecified atom stereocenters. The van der Waals surface area contributed by atoms with Crippen molar-refractivity contribution in [3.63, 3.8) is 0 Å². The first kappa shape index (κ1) is 12.5. The molecule has 3 rings (SSSR count). The second-order valence-electron chi connectivity index (χ2n) is 5.70. The third kappa shape index (κ3) is 2.10. The Balaban J connectivity index is 2.17. The molecule has 1 heterocycles. The number of aromatic nitrogens is 2. The maximum Gasteiger partial charge on any atom is 0.127 e. The number of imidazole rings is 1. The molecule has 0 radical (unpaired) electrons. The Hall–Kier alpha value is -1.55. The largest absolute Gasteiger partial charge is 0.497 e. The molecule has 4 heteroatoms. The van der Waals surface area contributed by atoms with Gasteiger partial charge in [0.05, 0.1) is 24.2 Å². The summed E-state index contributed by atoms with van der Waals surface area (Å²) >= 11 is 0. The summed E-state index contributed by atoms with van der Waals surface area (Å²) in [6, 6.07) is 6.64. The van der Waals surface area contributed by atoms with Gasteiger partial charge in [-0.3, -0.25) is 0 Å². The summed E-state index contributed by atoms with van der Waals surface area (Å²) in [7, 11) is 1.68. The van der Waals surface area contributed by atoms with Crippen LogP contribution < -0.4 is 10.5 Å². The molecular formula is C15H21N3O. The van der Waals surface area contributed by atoms with Gasteiger partial charge in [-0.15, -0.1) is 0 Å². The van der Waals surface area contributed by atoms with Crippen molar-refractivity contribution in [3.8, 4) is 5.75 Å². The highest BCUT2D eigenvalue weighted by Crippen LogP contribution is 2.40. The van der Waals surface area contributed by atoms with Crippen molar-refractivity contribution < 1.29 is 4.74 Å². The van der Waals surface area contributed by atoms with Gasteiger partial charge in [0.25, 0.3) is 0 Å². The van der Waals surface area contributed by atoms with Crippen molar-refractivity contribution in [2.45, 2.75) is 38.8 Å². The van der Waals surface area contributed by atoms with Gasteiger partial charge >= 0.3 is 0 Å². The Morgan fingerprint density at radius 1 is 1.37 bits per heavy atom. The van der Waals surface area contributed by atoms with E-state index < -0.39 is 0 Å². The molecule has 1 aromatic heterocycles. The molecule has 0 amide bonds. The van der Waals surface area contributed by atoms with Crippen LogP contribution >= 0.6 is 0 Å². The first-order valence-electron chi connectivity index (χ1n) is 6.93. The maximum absolute atomic E-state index is 6.32. The van der Waals surface area contributed by atoms with Crippen molar-refractivity contribution in [1.29, 1.82) is 0 Å². The Kier molecular flexibility index (Phi) is 2.97. The highest BCUT2D eigenvalue weighted by molar-refractivity contribution is 5.78. The van der Waals surface area contributed by atoms with Gasteiger partial charge in [-0.2, -0.15) is 0 Å². The molecule has 1 saturated carbocycles. The lowest BCUT2D eigenvalue weighted by Crippen LogP contribution is -2.21. The third-order valence-electron chi connectivity index (χ3n) is 3.85. The molecule has 4 nitrogen and oxygen atoms in total. The van der Waals surface area contributed by atoms with Crippen LogP contribution in [-0.4, -0.2) is 16.7 Å².